The fourth-order valence-corrected chi connectivity index (χ4v) is 1.67. The molecule has 0 radical (unpaired) electrons. The van der Waals surface area contributed by atoms with Crippen molar-refractivity contribution in [1.29, 1.82) is 0 Å². The van der Waals surface area contributed by atoms with E-state index in [4.69, 9.17) is 5.73 Å². The summed E-state index contributed by atoms with van der Waals surface area (Å²) >= 11 is 0. The molecule has 1 saturated heterocycles. The second-order valence-corrected chi connectivity index (χ2v) is 3.64. The molecule has 5 heteroatoms. The Kier molecular flexibility index (Phi) is 2.60. The van der Waals surface area contributed by atoms with E-state index in [1.807, 2.05) is 6.07 Å². The van der Waals surface area contributed by atoms with Crippen molar-refractivity contribution >= 4 is 5.82 Å². The average Bonchev–Trinajstić information content (AvgIpc) is 2.18. The predicted octanol–water partition coefficient (Wildman–Crippen LogP) is -0.365. The van der Waals surface area contributed by atoms with E-state index >= 15 is 0 Å². The molecule has 1 fully saturated rings. The van der Waals surface area contributed by atoms with E-state index in [9.17, 15) is 0 Å². The third kappa shape index (κ3) is 2.00. The number of nitrogen functional groups attached to an aromatic ring is 1. The van der Waals surface area contributed by atoms with Gasteiger partial charge in [0.2, 0.25) is 0 Å². The second-order valence-electron chi connectivity index (χ2n) is 3.64. The standard InChI is InChI=1S/C9H15N5/c1-14-3-2-11-8(5-14)7-4-9(10)13-6-12-7/h4,6,8,11H,2-3,5H2,1H3,(H2,10,12,13). The van der Waals surface area contributed by atoms with Crippen molar-refractivity contribution in [2.45, 2.75) is 6.04 Å². The first-order valence-electron chi connectivity index (χ1n) is 4.75. The molecular weight excluding hydrogens is 178 g/mol. The van der Waals surface area contributed by atoms with Crippen molar-refractivity contribution < 1.29 is 0 Å². The van der Waals surface area contributed by atoms with Gasteiger partial charge in [-0.05, 0) is 7.05 Å². The summed E-state index contributed by atoms with van der Waals surface area (Å²) in [5.74, 6) is 0.532. The highest BCUT2D eigenvalue weighted by Gasteiger charge is 2.19. The smallest absolute Gasteiger partial charge is 0.127 e. The molecule has 0 spiro atoms. The van der Waals surface area contributed by atoms with Crippen LogP contribution in [-0.4, -0.2) is 41.5 Å². The van der Waals surface area contributed by atoms with Crippen molar-refractivity contribution in [3.8, 4) is 0 Å². The normalized spacial score (nSPS) is 23.6. The fourth-order valence-electron chi connectivity index (χ4n) is 1.67. The summed E-state index contributed by atoms with van der Waals surface area (Å²) < 4.78 is 0. The number of anilines is 1. The van der Waals surface area contributed by atoms with Gasteiger partial charge in [-0.15, -0.1) is 0 Å². The summed E-state index contributed by atoms with van der Waals surface area (Å²) in [6, 6.07) is 2.11. The minimum Gasteiger partial charge on any atom is -0.384 e. The Balaban J connectivity index is 2.14. The summed E-state index contributed by atoms with van der Waals surface area (Å²) in [5.41, 5.74) is 6.58. The van der Waals surface area contributed by atoms with Crippen molar-refractivity contribution in [3.05, 3.63) is 18.1 Å². The van der Waals surface area contributed by atoms with Crippen LogP contribution in [0.25, 0.3) is 0 Å². The number of likely N-dealkylation sites (N-methyl/N-ethyl adjacent to an activating group) is 1. The lowest BCUT2D eigenvalue weighted by molar-refractivity contribution is 0.238. The lowest BCUT2D eigenvalue weighted by atomic mass is 10.1. The van der Waals surface area contributed by atoms with Gasteiger partial charge in [0, 0.05) is 25.7 Å². The Morgan fingerprint density at radius 2 is 2.43 bits per heavy atom. The minimum absolute atomic E-state index is 0.277. The zero-order valence-corrected chi connectivity index (χ0v) is 8.27. The zero-order chi connectivity index (χ0) is 9.97. The lowest BCUT2D eigenvalue weighted by Gasteiger charge is -2.30. The maximum absolute atomic E-state index is 5.61. The van der Waals surface area contributed by atoms with Crippen LogP contribution >= 0.6 is 0 Å². The van der Waals surface area contributed by atoms with Crippen molar-refractivity contribution in [2.24, 2.45) is 0 Å². The van der Waals surface area contributed by atoms with E-state index in [-0.39, 0.29) is 6.04 Å². The summed E-state index contributed by atoms with van der Waals surface area (Å²) in [7, 11) is 2.11. The van der Waals surface area contributed by atoms with Crippen LogP contribution in [0, 0.1) is 0 Å². The van der Waals surface area contributed by atoms with Crippen LogP contribution in [-0.2, 0) is 0 Å². The third-order valence-electron chi connectivity index (χ3n) is 2.44. The topological polar surface area (TPSA) is 67.1 Å². The lowest BCUT2D eigenvalue weighted by Crippen LogP contribution is -2.44. The van der Waals surface area contributed by atoms with Gasteiger partial charge in [0.1, 0.15) is 12.1 Å². The molecule has 3 N–H and O–H groups in total. The maximum Gasteiger partial charge on any atom is 0.127 e. The summed E-state index contributed by atoms with van der Waals surface area (Å²) in [4.78, 5) is 10.4. The quantitative estimate of drug-likeness (QED) is 0.637. The number of piperazine rings is 1. The van der Waals surface area contributed by atoms with Crippen molar-refractivity contribution in [3.63, 3.8) is 0 Å². The van der Waals surface area contributed by atoms with Crippen LogP contribution in [0.3, 0.4) is 0 Å². The third-order valence-corrected chi connectivity index (χ3v) is 2.44. The maximum atomic E-state index is 5.61. The Hall–Kier alpha value is -1.20. The minimum atomic E-state index is 0.277. The highest BCUT2D eigenvalue weighted by Crippen LogP contribution is 2.14. The summed E-state index contributed by atoms with van der Waals surface area (Å²) in [6.07, 6.45) is 1.51. The molecule has 1 unspecified atom stereocenters. The van der Waals surface area contributed by atoms with E-state index in [0.717, 1.165) is 25.3 Å². The van der Waals surface area contributed by atoms with Crippen LogP contribution < -0.4 is 11.1 Å². The van der Waals surface area contributed by atoms with Gasteiger partial charge in [-0.3, -0.25) is 0 Å². The number of hydrogen-bond donors (Lipinski definition) is 2. The molecule has 0 aromatic carbocycles. The number of nitrogens with one attached hydrogen (secondary N) is 1. The van der Waals surface area contributed by atoms with Crippen molar-refractivity contribution in [1.82, 2.24) is 20.2 Å². The average molecular weight is 193 g/mol. The predicted molar refractivity (Wildman–Crippen MR) is 54.7 cm³/mol. The number of rotatable bonds is 1. The largest absolute Gasteiger partial charge is 0.384 e. The van der Waals surface area contributed by atoms with Gasteiger partial charge >= 0.3 is 0 Å². The van der Waals surface area contributed by atoms with E-state index in [2.05, 4.69) is 27.2 Å². The molecule has 5 nitrogen and oxygen atoms in total. The van der Waals surface area contributed by atoms with Crippen LogP contribution in [0.1, 0.15) is 11.7 Å². The van der Waals surface area contributed by atoms with Gasteiger partial charge in [0.15, 0.2) is 0 Å². The van der Waals surface area contributed by atoms with Gasteiger partial charge in [0.05, 0.1) is 11.7 Å². The molecule has 1 aliphatic heterocycles. The molecule has 1 atom stereocenters. The van der Waals surface area contributed by atoms with Crippen molar-refractivity contribution in [2.75, 3.05) is 32.4 Å². The second kappa shape index (κ2) is 3.89. The molecule has 76 valence electrons. The number of nitrogens with two attached hydrogens (primary N) is 1. The molecule has 0 aliphatic carbocycles. The fraction of sp³-hybridized carbons (Fsp3) is 0.556. The highest BCUT2D eigenvalue weighted by molar-refractivity contribution is 5.29. The molecular formula is C9H15N5. The number of hydrogen-bond acceptors (Lipinski definition) is 5. The van der Waals surface area contributed by atoms with E-state index in [1.165, 1.54) is 6.33 Å². The summed E-state index contributed by atoms with van der Waals surface area (Å²) in [5, 5.41) is 3.41. The number of nitrogens with zero attached hydrogens (tertiary/aromatic N) is 3. The molecule has 1 aromatic rings. The SMILES string of the molecule is CN1CCNC(c2cc(N)ncn2)C1. The molecule has 1 aliphatic rings. The Bertz CT molecular complexity index is 314. The monoisotopic (exact) mass is 193 g/mol. The molecule has 0 saturated carbocycles. The van der Waals surface area contributed by atoms with Gasteiger partial charge < -0.3 is 16.0 Å². The molecule has 2 rings (SSSR count). The van der Waals surface area contributed by atoms with Crippen LogP contribution in [0.15, 0.2) is 12.4 Å². The molecule has 14 heavy (non-hydrogen) atoms. The van der Waals surface area contributed by atoms with E-state index in [1.54, 1.807) is 0 Å². The molecule has 2 heterocycles. The molecule has 0 amide bonds. The first-order valence-corrected chi connectivity index (χ1v) is 4.75. The van der Waals surface area contributed by atoms with E-state index in [0.29, 0.717) is 5.82 Å². The van der Waals surface area contributed by atoms with E-state index < -0.39 is 0 Å². The Morgan fingerprint density at radius 1 is 1.57 bits per heavy atom. The van der Waals surface area contributed by atoms with Crippen LogP contribution in [0.2, 0.25) is 0 Å². The van der Waals surface area contributed by atoms with Gasteiger partial charge in [-0.1, -0.05) is 0 Å². The number of aromatic nitrogens is 2. The zero-order valence-electron chi connectivity index (χ0n) is 8.27. The Labute approximate surface area is 83.3 Å². The van der Waals surface area contributed by atoms with Crippen LogP contribution in [0.5, 0.6) is 0 Å². The summed E-state index contributed by atoms with van der Waals surface area (Å²) in [6.45, 7) is 3.04. The molecule has 1 aromatic heterocycles. The first kappa shape index (κ1) is 9.36. The highest BCUT2D eigenvalue weighted by atomic mass is 15.2. The van der Waals surface area contributed by atoms with Gasteiger partial charge in [-0.2, -0.15) is 0 Å². The Morgan fingerprint density at radius 3 is 3.14 bits per heavy atom. The van der Waals surface area contributed by atoms with Gasteiger partial charge in [-0.25, -0.2) is 9.97 Å². The molecule has 0 bridgehead atoms. The van der Waals surface area contributed by atoms with Gasteiger partial charge in [0.25, 0.3) is 0 Å². The first-order chi connectivity index (χ1) is 6.75. The van der Waals surface area contributed by atoms with Crippen LogP contribution in [0.4, 0.5) is 5.82 Å².